The first-order chi connectivity index (χ1) is 4.46. The predicted molar refractivity (Wildman–Crippen MR) is 34.2 cm³/mol. The fourth-order valence-electron chi connectivity index (χ4n) is 1.35. The molecule has 0 bridgehead atoms. The summed E-state index contributed by atoms with van der Waals surface area (Å²) in [5, 5.41) is 0. The summed E-state index contributed by atoms with van der Waals surface area (Å²) in [6.07, 6.45) is 1.44. The minimum Gasteiger partial charge on any atom is -0.425 e. The molecule has 0 N–H and O–H groups in total. The van der Waals surface area contributed by atoms with Crippen LogP contribution in [-0.4, -0.2) is 31.6 Å². The molecule has 1 nitrogen and oxygen atoms in total. The van der Waals surface area contributed by atoms with Crippen molar-refractivity contribution in [2.24, 2.45) is 0 Å². The Morgan fingerprint density at radius 2 is 1.50 bits per heavy atom. The van der Waals surface area contributed by atoms with Gasteiger partial charge in [-0.15, -0.1) is 0 Å². The van der Waals surface area contributed by atoms with Crippen LogP contribution in [0.1, 0.15) is 12.8 Å². The first-order valence-electron chi connectivity index (χ1n) is 3.49. The van der Waals surface area contributed by atoms with E-state index in [1.165, 1.54) is 7.05 Å². The van der Waals surface area contributed by atoms with Crippen molar-refractivity contribution in [2.75, 3.05) is 20.1 Å². The molecule has 0 aromatic carbocycles. The van der Waals surface area contributed by atoms with Gasteiger partial charge in [0.05, 0.1) is 0 Å². The molecule has 0 unspecified atom stereocenters. The third-order valence-electron chi connectivity index (χ3n) is 2.29. The fourth-order valence-corrected chi connectivity index (χ4v) is 1.35. The molecular weight excluding hydrogens is 142 g/mol. The second-order valence-electron chi connectivity index (χ2n) is 3.17. The van der Waals surface area contributed by atoms with Gasteiger partial charge in [-0.3, -0.25) is 0 Å². The standard InChI is InChI=1S/C5H11BF3N/c1-10(6(7,8)9)4-2-3-5-10/h2-5H2,1H3. The zero-order chi connectivity index (χ0) is 7.83. The van der Waals surface area contributed by atoms with Gasteiger partial charge in [-0.2, -0.15) is 0 Å². The zero-order valence-corrected chi connectivity index (χ0v) is 5.99. The molecule has 1 heterocycles. The normalized spacial score (nSPS) is 25.2. The molecule has 1 aliphatic rings. The molecule has 0 amide bonds. The number of rotatable bonds is 1. The third-order valence-corrected chi connectivity index (χ3v) is 2.29. The van der Waals surface area contributed by atoms with Gasteiger partial charge in [0.2, 0.25) is 0 Å². The number of nitrogens with zero attached hydrogens (tertiary/aromatic N) is 1. The minimum absolute atomic E-state index is 0.281. The molecular formula is C5H11BF3N. The molecule has 0 saturated carbocycles. The van der Waals surface area contributed by atoms with Crippen molar-refractivity contribution in [1.29, 1.82) is 0 Å². The van der Waals surface area contributed by atoms with E-state index in [2.05, 4.69) is 0 Å². The van der Waals surface area contributed by atoms with Crippen LogP contribution >= 0.6 is 0 Å². The van der Waals surface area contributed by atoms with E-state index in [1.54, 1.807) is 0 Å². The Bertz CT molecular complexity index is 127. The van der Waals surface area contributed by atoms with Crippen LogP contribution in [0.2, 0.25) is 0 Å². The quantitative estimate of drug-likeness (QED) is 0.501. The number of halogens is 3. The van der Waals surface area contributed by atoms with Gasteiger partial charge in [-0.1, -0.05) is 0 Å². The van der Waals surface area contributed by atoms with E-state index in [0.29, 0.717) is 0 Å². The van der Waals surface area contributed by atoms with Crippen LogP contribution in [0.15, 0.2) is 0 Å². The highest BCUT2D eigenvalue weighted by molar-refractivity contribution is 6.50. The van der Waals surface area contributed by atoms with Crippen molar-refractivity contribution in [3.05, 3.63) is 0 Å². The Kier molecular flexibility index (Phi) is 1.70. The lowest BCUT2D eigenvalue weighted by Crippen LogP contribution is -2.56. The molecule has 1 fully saturated rings. The maximum absolute atomic E-state index is 12.2. The van der Waals surface area contributed by atoms with Crippen molar-refractivity contribution in [2.45, 2.75) is 12.8 Å². The van der Waals surface area contributed by atoms with Gasteiger partial charge in [-0.05, 0) is 12.8 Å². The molecule has 0 aliphatic carbocycles. The van der Waals surface area contributed by atoms with Crippen LogP contribution < -0.4 is 0 Å². The second-order valence-corrected chi connectivity index (χ2v) is 3.17. The Hall–Kier alpha value is -0.185. The highest BCUT2D eigenvalue weighted by Crippen LogP contribution is 2.28. The summed E-state index contributed by atoms with van der Waals surface area (Å²) in [5.74, 6) is 0. The highest BCUT2D eigenvalue weighted by Gasteiger charge is 2.50. The molecule has 1 rings (SSSR count). The SMILES string of the molecule is C[N+]1([B-](F)(F)F)CCCC1. The average molecular weight is 153 g/mol. The predicted octanol–water partition coefficient (Wildman–Crippen LogP) is 1.57. The van der Waals surface area contributed by atoms with E-state index in [-0.39, 0.29) is 13.1 Å². The summed E-state index contributed by atoms with van der Waals surface area (Å²) >= 11 is 0. The van der Waals surface area contributed by atoms with Gasteiger partial charge in [-0.25, -0.2) is 0 Å². The van der Waals surface area contributed by atoms with Crippen LogP contribution in [0.3, 0.4) is 0 Å². The molecule has 0 aromatic rings. The smallest absolute Gasteiger partial charge is 0.425 e. The first-order valence-corrected chi connectivity index (χ1v) is 3.49. The minimum atomic E-state index is -4.66. The number of likely N-dealkylation sites (tertiary alicyclic amines) is 1. The van der Waals surface area contributed by atoms with Crippen molar-refractivity contribution in [3.8, 4) is 0 Å². The van der Waals surface area contributed by atoms with E-state index in [9.17, 15) is 12.9 Å². The number of hydrogen-bond donors (Lipinski definition) is 0. The number of hydrogen-bond acceptors (Lipinski definition) is 0. The Morgan fingerprint density at radius 1 is 1.10 bits per heavy atom. The van der Waals surface area contributed by atoms with Gasteiger partial charge in [0.15, 0.2) is 0 Å². The highest BCUT2D eigenvalue weighted by atomic mass is 19.4. The lowest BCUT2D eigenvalue weighted by Gasteiger charge is -2.39. The van der Waals surface area contributed by atoms with Crippen LogP contribution in [-0.2, 0) is 0 Å². The Morgan fingerprint density at radius 3 is 1.70 bits per heavy atom. The van der Waals surface area contributed by atoms with Crippen LogP contribution in [0.5, 0.6) is 0 Å². The lowest BCUT2D eigenvalue weighted by molar-refractivity contribution is -0.817. The van der Waals surface area contributed by atoms with Crippen LogP contribution in [0, 0.1) is 0 Å². The molecule has 60 valence electrons. The van der Waals surface area contributed by atoms with Gasteiger partial charge in [0.25, 0.3) is 0 Å². The van der Waals surface area contributed by atoms with E-state index in [1.807, 2.05) is 0 Å². The molecule has 0 atom stereocenters. The topological polar surface area (TPSA) is 0 Å². The largest absolute Gasteiger partial charge is 0.732 e. The summed E-state index contributed by atoms with van der Waals surface area (Å²) in [4.78, 5) is 0. The first kappa shape index (κ1) is 7.92. The third kappa shape index (κ3) is 1.14. The van der Waals surface area contributed by atoms with Crippen molar-refractivity contribution >= 4 is 7.11 Å². The monoisotopic (exact) mass is 153 g/mol. The summed E-state index contributed by atoms with van der Waals surface area (Å²) in [6, 6.07) is 0. The summed E-state index contributed by atoms with van der Waals surface area (Å²) in [5.41, 5.74) is 0. The number of quaternary nitrogens is 1. The molecule has 10 heavy (non-hydrogen) atoms. The second kappa shape index (κ2) is 2.15. The molecule has 0 aromatic heterocycles. The van der Waals surface area contributed by atoms with Crippen LogP contribution in [0.4, 0.5) is 12.9 Å². The molecule has 0 radical (unpaired) electrons. The van der Waals surface area contributed by atoms with E-state index in [0.717, 1.165) is 12.8 Å². The van der Waals surface area contributed by atoms with Crippen molar-refractivity contribution in [1.82, 2.24) is 0 Å². The Balaban J connectivity index is 2.67. The molecule has 0 spiro atoms. The fraction of sp³-hybridized carbons (Fsp3) is 1.00. The zero-order valence-electron chi connectivity index (χ0n) is 5.99. The van der Waals surface area contributed by atoms with E-state index in [4.69, 9.17) is 0 Å². The lowest BCUT2D eigenvalue weighted by atomic mass is 10.0. The van der Waals surface area contributed by atoms with Gasteiger partial charge < -0.3 is 17.3 Å². The van der Waals surface area contributed by atoms with Gasteiger partial charge in [0, 0.05) is 20.1 Å². The van der Waals surface area contributed by atoms with E-state index >= 15 is 0 Å². The van der Waals surface area contributed by atoms with Crippen molar-refractivity contribution in [3.63, 3.8) is 0 Å². The summed E-state index contributed by atoms with van der Waals surface area (Å²) in [6.45, 7) is 0.562. The maximum atomic E-state index is 12.2. The van der Waals surface area contributed by atoms with Crippen molar-refractivity contribution < 1.29 is 17.3 Å². The van der Waals surface area contributed by atoms with Gasteiger partial charge in [0.1, 0.15) is 0 Å². The molecule has 1 aliphatic heterocycles. The Labute approximate surface area is 58.5 Å². The maximum Gasteiger partial charge on any atom is 0.732 e. The summed E-state index contributed by atoms with van der Waals surface area (Å²) < 4.78 is 35.9. The average Bonchev–Trinajstić information content (AvgIpc) is 2.13. The van der Waals surface area contributed by atoms with Gasteiger partial charge >= 0.3 is 7.11 Å². The molecule has 1 saturated heterocycles. The molecule has 5 heteroatoms. The van der Waals surface area contributed by atoms with E-state index < -0.39 is 11.5 Å². The summed E-state index contributed by atoms with van der Waals surface area (Å²) in [7, 11) is -3.37. The van der Waals surface area contributed by atoms with Crippen LogP contribution in [0.25, 0.3) is 0 Å².